The Morgan fingerprint density at radius 1 is 1.00 bits per heavy atom. The van der Waals surface area contributed by atoms with Crippen molar-refractivity contribution in [3.8, 4) is 0 Å². The van der Waals surface area contributed by atoms with Crippen molar-refractivity contribution < 1.29 is 4.79 Å². The molecule has 0 heterocycles. The number of nitrogens with two attached hydrogens (primary N) is 1. The van der Waals surface area contributed by atoms with Crippen LogP contribution in [0.25, 0.3) is 0 Å². The van der Waals surface area contributed by atoms with Crippen molar-refractivity contribution in [3.63, 3.8) is 0 Å². The molecule has 0 amide bonds. The van der Waals surface area contributed by atoms with Crippen LogP contribution in [0.4, 0.5) is 5.69 Å². The molecule has 0 aliphatic rings. The van der Waals surface area contributed by atoms with E-state index in [4.69, 9.17) is 28.9 Å². The van der Waals surface area contributed by atoms with Crippen molar-refractivity contribution >= 4 is 34.7 Å². The summed E-state index contributed by atoms with van der Waals surface area (Å²) in [6.07, 6.45) is 0. The molecular weight excluding hydrogens is 257 g/mol. The van der Waals surface area contributed by atoms with Gasteiger partial charge in [-0.3, -0.25) is 4.79 Å². The first-order chi connectivity index (χ1) is 8.09. The second-order valence-corrected chi connectivity index (χ2v) is 4.34. The van der Waals surface area contributed by atoms with Crippen LogP contribution in [-0.2, 0) is 0 Å². The third-order valence-electron chi connectivity index (χ3n) is 2.35. The van der Waals surface area contributed by atoms with Crippen LogP contribution < -0.4 is 5.73 Å². The van der Waals surface area contributed by atoms with Gasteiger partial charge in [0.1, 0.15) is 0 Å². The highest BCUT2D eigenvalue weighted by Crippen LogP contribution is 2.30. The summed E-state index contributed by atoms with van der Waals surface area (Å²) in [5.74, 6) is -0.129. The number of hydrogen-bond acceptors (Lipinski definition) is 2. The fourth-order valence-electron chi connectivity index (χ4n) is 1.50. The Morgan fingerprint density at radius 3 is 2.24 bits per heavy atom. The minimum Gasteiger partial charge on any atom is -0.397 e. The molecule has 0 unspecified atom stereocenters. The zero-order valence-electron chi connectivity index (χ0n) is 8.78. The van der Waals surface area contributed by atoms with Crippen molar-refractivity contribution in [2.45, 2.75) is 0 Å². The third-order valence-corrected chi connectivity index (χ3v) is 3.17. The summed E-state index contributed by atoms with van der Waals surface area (Å²) in [7, 11) is 0. The standard InChI is InChI=1S/C13H9Cl2NO/c14-10-6-9(7-11(16)12(10)15)13(17)8-4-2-1-3-5-8/h1-7H,16H2. The fourth-order valence-corrected chi connectivity index (χ4v) is 1.83. The van der Waals surface area contributed by atoms with Crippen LogP contribution in [0.5, 0.6) is 0 Å². The average molecular weight is 266 g/mol. The summed E-state index contributed by atoms with van der Waals surface area (Å²) in [6, 6.07) is 12.0. The summed E-state index contributed by atoms with van der Waals surface area (Å²) in [4.78, 5) is 12.1. The Balaban J connectivity index is 2.45. The van der Waals surface area contributed by atoms with Gasteiger partial charge in [0.2, 0.25) is 0 Å². The molecule has 0 saturated heterocycles. The molecule has 0 fully saturated rings. The first-order valence-electron chi connectivity index (χ1n) is 4.94. The highest BCUT2D eigenvalue weighted by atomic mass is 35.5. The molecule has 0 radical (unpaired) electrons. The summed E-state index contributed by atoms with van der Waals surface area (Å²) < 4.78 is 0. The van der Waals surface area contributed by atoms with Gasteiger partial charge in [-0.25, -0.2) is 0 Å². The Kier molecular flexibility index (Phi) is 3.36. The molecule has 2 aromatic carbocycles. The van der Waals surface area contributed by atoms with Crippen molar-refractivity contribution in [2.75, 3.05) is 5.73 Å². The first-order valence-corrected chi connectivity index (χ1v) is 5.69. The Hall–Kier alpha value is -1.51. The number of carbonyl (C=O) groups excluding carboxylic acids is 1. The average Bonchev–Trinajstić information content (AvgIpc) is 2.35. The van der Waals surface area contributed by atoms with Crippen LogP contribution in [0.1, 0.15) is 15.9 Å². The number of halogens is 2. The molecule has 0 aromatic heterocycles. The van der Waals surface area contributed by atoms with Crippen LogP contribution in [-0.4, -0.2) is 5.78 Å². The number of anilines is 1. The highest BCUT2D eigenvalue weighted by molar-refractivity contribution is 6.44. The van der Waals surface area contributed by atoms with E-state index in [0.717, 1.165) is 0 Å². The SMILES string of the molecule is Nc1cc(C(=O)c2ccccc2)cc(Cl)c1Cl. The normalized spacial score (nSPS) is 10.2. The van der Waals surface area contributed by atoms with Gasteiger partial charge in [0.05, 0.1) is 15.7 Å². The van der Waals surface area contributed by atoms with Crippen LogP contribution in [0.15, 0.2) is 42.5 Å². The lowest BCUT2D eigenvalue weighted by molar-refractivity contribution is 0.103. The molecular formula is C13H9Cl2NO. The van der Waals surface area contributed by atoms with Gasteiger partial charge in [0.15, 0.2) is 5.78 Å². The van der Waals surface area contributed by atoms with Gasteiger partial charge in [-0.2, -0.15) is 0 Å². The molecule has 0 aliphatic heterocycles. The third kappa shape index (κ3) is 2.43. The zero-order valence-corrected chi connectivity index (χ0v) is 10.3. The lowest BCUT2D eigenvalue weighted by atomic mass is 10.0. The van der Waals surface area contributed by atoms with Gasteiger partial charge in [0, 0.05) is 11.1 Å². The molecule has 0 bridgehead atoms. The topological polar surface area (TPSA) is 43.1 Å². The van der Waals surface area contributed by atoms with Crippen molar-refractivity contribution in [1.29, 1.82) is 0 Å². The molecule has 2 aromatic rings. The predicted octanol–water partition coefficient (Wildman–Crippen LogP) is 3.81. The molecule has 0 aliphatic carbocycles. The maximum atomic E-state index is 12.1. The second kappa shape index (κ2) is 4.78. The van der Waals surface area contributed by atoms with Gasteiger partial charge in [-0.1, -0.05) is 53.5 Å². The summed E-state index contributed by atoms with van der Waals surface area (Å²) >= 11 is 11.7. The van der Waals surface area contributed by atoms with Gasteiger partial charge in [-0.05, 0) is 12.1 Å². The molecule has 0 spiro atoms. The van der Waals surface area contributed by atoms with E-state index in [-0.39, 0.29) is 15.8 Å². The van der Waals surface area contributed by atoms with Crippen LogP contribution >= 0.6 is 23.2 Å². The zero-order chi connectivity index (χ0) is 12.4. The van der Waals surface area contributed by atoms with Gasteiger partial charge in [-0.15, -0.1) is 0 Å². The monoisotopic (exact) mass is 265 g/mol. The Morgan fingerprint density at radius 2 is 1.65 bits per heavy atom. The predicted molar refractivity (Wildman–Crippen MR) is 70.7 cm³/mol. The molecule has 2 rings (SSSR count). The molecule has 17 heavy (non-hydrogen) atoms. The van der Waals surface area contributed by atoms with E-state index in [1.807, 2.05) is 6.07 Å². The van der Waals surface area contributed by atoms with Gasteiger partial charge < -0.3 is 5.73 Å². The van der Waals surface area contributed by atoms with Gasteiger partial charge >= 0.3 is 0 Å². The molecule has 0 saturated carbocycles. The first kappa shape index (κ1) is 12.0. The molecule has 86 valence electrons. The van der Waals surface area contributed by atoms with E-state index >= 15 is 0 Å². The maximum Gasteiger partial charge on any atom is 0.193 e. The fraction of sp³-hybridized carbons (Fsp3) is 0. The Labute approximate surface area is 109 Å². The summed E-state index contributed by atoms with van der Waals surface area (Å²) in [5, 5.41) is 0.558. The number of rotatable bonds is 2. The minimum absolute atomic E-state index is 0.129. The van der Waals surface area contributed by atoms with Crippen LogP contribution in [0.3, 0.4) is 0 Å². The van der Waals surface area contributed by atoms with Crippen molar-refractivity contribution in [1.82, 2.24) is 0 Å². The smallest absolute Gasteiger partial charge is 0.193 e. The second-order valence-electron chi connectivity index (χ2n) is 3.56. The van der Waals surface area contributed by atoms with Crippen LogP contribution in [0, 0.1) is 0 Å². The van der Waals surface area contributed by atoms with E-state index in [9.17, 15) is 4.79 Å². The van der Waals surface area contributed by atoms with Crippen LogP contribution in [0.2, 0.25) is 10.0 Å². The summed E-state index contributed by atoms with van der Waals surface area (Å²) in [5.41, 5.74) is 6.99. The van der Waals surface area contributed by atoms with Gasteiger partial charge in [0.25, 0.3) is 0 Å². The maximum absolute atomic E-state index is 12.1. The summed E-state index contributed by atoms with van der Waals surface area (Å²) in [6.45, 7) is 0. The van der Waals surface area contributed by atoms with Crippen molar-refractivity contribution in [2.24, 2.45) is 0 Å². The molecule has 2 nitrogen and oxygen atoms in total. The van der Waals surface area contributed by atoms with E-state index in [1.54, 1.807) is 24.3 Å². The molecule has 0 atom stereocenters. The van der Waals surface area contributed by atoms with E-state index in [2.05, 4.69) is 0 Å². The lowest BCUT2D eigenvalue weighted by Gasteiger charge is -2.05. The quantitative estimate of drug-likeness (QED) is 0.663. The highest BCUT2D eigenvalue weighted by Gasteiger charge is 2.12. The minimum atomic E-state index is -0.129. The lowest BCUT2D eigenvalue weighted by Crippen LogP contribution is -2.02. The largest absolute Gasteiger partial charge is 0.397 e. The molecule has 4 heteroatoms. The Bertz CT molecular complexity index is 544. The van der Waals surface area contributed by atoms with Crippen molar-refractivity contribution in [3.05, 3.63) is 63.6 Å². The molecule has 2 N–H and O–H groups in total. The number of ketones is 1. The number of carbonyl (C=O) groups is 1. The number of nitrogen functional groups attached to an aromatic ring is 1. The number of benzene rings is 2. The van der Waals surface area contributed by atoms with E-state index < -0.39 is 0 Å². The van der Waals surface area contributed by atoms with E-state index in [1.165, 1.54) is 12.1 Å². The number of hydrogen-bond donors (Lipinski definition) is 1. The van der Waals surface area contributed by atoms with E-state index in [0.29, 0.717) is 16.8 Å².